The zero-order valence-electron chi connectivity index (χ0n) is 15.3. The molecule has 3 rings (SSSR count). The zero-order chi connectivity index (χ0) is 20.3. The largest absolute Gasteiger partial charge is 0.493 e. The second-order valence-electron chi connectivity index (χ2n) is 5.96. The second-order valence-corrected chi connectivity index (χ2v) is 7.88. The summed E-state index contributed by atoms with van der Waals surface area (Å²) in [6, 6.07) is 10.00. The number of anilines is 2. The number of nitrogens with one attached hydrogen (secondary N) is 2. The fourth-order valence-electron chi connectivity index (χ4n) is 2.69. The van der Waals surface area contributed by atoms with Crippen LogP contribution in [0.5, 0.6) is 5.75 Å². The minimum atomic E-state index is -3.37. The van der Waals surface area contributed by atoms with E-state index in [2.05, 4.69) is 15.0 Å². The van der Waals surface area contributed by atoms with Crippen LogP contribution in [0.25, 0.3) is 5.65 Å². The van der Waals surface area contributed by atoms with Crippen LogP contribution in [0, 0.1) is 0 Å². The minimum absolute atomic E-state index is 0.104. The number of fused-ring (bicyclic) bond motifs is 1. The molecule has 0 aliphatic carbocycles. The second kappa shape index (κ2) is 7.97. The van der Waals surface area contributed by atoms with Crippen LogP contribution in [-0.4, -0.2) is 37.1 Å². The van der Waals surface area contributed by atoms with Crippen molar-refractivity contribution in [1.82, 2.24) is 14.1 Å². The molecule has 0 bridgehead atoms. The SMILES string of the molecule is CNS(=O)(=O)Cc1ccc(Nc2nc3c(OC)cccn3c(=O)c2CO)cc1. The van der Waals surface area contributed by atoms with E-state index in [1.54, 1.807) is 42.6 Å². The van der Waals surface area contributed by atoms with Crippen molar-refractivity contribution in [3.05, 3.63) is 64.1 Å². The Labute approximate surface area is 161 Å². The fourth-order valence-corrected chi connectivity index (χ4v) is 3.47. The third-order valence-electron chi connectivity index (χ3n) is 4.17. The van der Waals surface area contributed by atoms with Gasteiger partial charge in [-0.15, -0.1) is 0 Å². The Bertz CT molecular complexity index is 1160. The van der Waals surface area contributed by atoms with E-state index in [0.29, 0.717) is 22.6 Å². The third-order valence-corrected chi connectivity index (χ3v) is 5.51. The maximum atomic E-state index is 12.7. The molecule has 0 saturated heterocycles. The molecule has 148 valence electrons. The first kappa shape index (κ1) is 19.8. The molecule has 3 N–H and O–H groups in total. The van der Waals surface area contributed by atoms with Crippen LogP contribution in [-0.2, 0) is 22.4 Å². The Morgan fingerprint density at radius 2 is 1.93 bits per heavy atom. The van der Waals surface area contributed by atoms with Gasteiger partial charge in [-0.1, -0.05) is 12.1 Å². The predicted octanol–water partition coefficient (Wildman–Crippen LogP) is 0.988. The average Bonchev–Trinajstić information content (AvgIpc) is 2.69. The number of methoxy groups -OCH3 is 1. The Morgan fingerprint density at radius 1 is 1.21 bits per heavy atom. The molecule has 3 aromatic rings. The summed E-state index contributed by atoms with van der Waals surface area (Å²) >= 11 is 0. The lowest BCUT2D eigenvalue weighted by Crippen LogP contribution is -2.22. The van der Waals surface area contributed by atoms with Crippen molar-refractivity contribution in [2.45, 2.75) is 12.4 Å². The van der Waals surface area contributed by atoms with Crippen molar-refractivity contribution < 1.29 is 18.3 Å². The first-order valence-corrected chi connectivity index (χ1v) is 10.00. The highest BCUT2D eigenvalue weighted by Gasteiger charge is 2.15. The topological polar surface area (TPSA) is 122 Å². The van der Waals surface area contributed by atoms with Gasteiger partial charge in [0.05, 0.1) is 25.0 Å². The lowest BCUT2D eigenvalue weighted by atomic mass is 10.2. The van der Waals surface area contributed by atoms with Gasteiger partial charge in [-0.25, -0.2) is 18.1 Å². The Kier molecular flexibility index (Phi) is 5.63. The number of pyridine rings is 1. The molecule has 9 nitrogen and oxygen atoms in total. The molecule has 0 aliphatic rings. The standard InChI is InChI=1S/C18H20N4O5S/c1-19-28(25,26)11-12-5-7-13(8-6-12)20-16-14(10-23)18(24)22-9-3-4-15(27-2)17(22)21-16/h3-9,19-20,23H,10-11H2,1-2H3. The molecule has 1 aromatic carbocycles. The quantitative estimate of drug-likeness (QED) is 0.537. The molecule has 0 fully saturated rings. The van der Waals surface area contributed by atoms with Gasteiger partial charge in [-0.05, 0) is 36.9 Å². The van der Waals surface area contributed by atoms with Crippen molar-refractivity contribution in [2.24, 2.45) is 0 Å². The van der Waals surface area contributed by atoms with E-state index < -0.39 is 22.2 Å². The number of aliphatic hydroxyl groups excluding tert-OH is 1. The summed E-state index contributed by atoms with van der Waals surface area (Å²) < 4.78 is 32.1. The van der Waals surface area contributed by atoms with Crippen molar-refractivity contribution in [2.75, 3.05) is 19.5 Å². The molecule has 0 aliphatic heterocycles. The monoisotopic (exact) mass is 404 g/mol. The zero-order valence-corrected chi connectivity index (χ0v) is 16.2. The molecule has 0 amide bonds. The number of nitrogens with zero attached hydrogens (tertiary/aromatic N) is 2. The summed E-state index contributed by atoms with van der Waals surface area (Å²) in [6.45, 7) is -0.493. The van der Waals surface area contributed by atoms with Crippen molar-refractivity contribution in [1.29, 1.82) is 0 Å². The summed E-state index contributed by atoms with van der Waals surface area (Å²) in [5.41, 5.74) is 1.20. The molecule has 0 radical (unpaired) electrons. The molecule has 0 unspecified atom stereocenters. The third kappa shape index (κ3) is 3.98. The molecule has 0 atom stereocenters. The molecule has 28 heavy (non-hydrogen) atoms. The van der Waals surface area contributed by atoms with Gasteiger partial charge in [0.1, 0.15) is 5.82 Å². The van der Waals surface area contributed by atoms with E-state index in [0.717, 1.165) is 0 Å². The van der Waals surface area contributed by atoms with Gasteiger partial charge in [0, 0.05) is 11.9 Å². The van der Waals surface area contributed by atoms with E-state index in [4.69, 9.17) is 4.74 Å². The number of aromatic nitrogens is 2. The van der Waals surface area contributed by atoms with Gasteiger partial charge >= 0.3 is 0 Å². The van der Waals surface area contributed by atoms with Crippen LogP contribution in [0.2, 0.25) is 0 Å². The number of ether oxygens (including phenoxy) is 1. The number of rotatable bonds is 7. The summed E-state index contributed by atoms with van der Waals surface area (Å²) in [6.07, 6.45) is 1.55. The normalized spacial score (nSPS) is 11.5. The lowest BCUT2D eigenvalue weighted by Gasteiger charge is -2.13. The van der Waals surface area contributed by atoms with Gasteiger partial charge < -0.3 is 15.2 Å². The van der Waals surface area contributed by atoms with E-state index in [1.165, 1.54) is 18.6 Å². The van der Waals surface area contributed by atoms with E-state index in [9.17, 15) is 18.3 Å². The smallest absolute Gasteiger partial charge is 0.265 e. The van der Waals surface area contributed by atoms with E-state index >= 15 is 0 Å². The van der Waals surface area contributed by atoms with Gasteiger partial charge in [0.25, 0.3) is 5.56 Å². The van der Waals surface area contributed by atoms with Crippen molar-refractivity contribution in [3.8, 4) is 5.75 Å². The van der Waals surface area contributed by atoms with E-state index in [1.807, 2.05) is 0 Å². The lowest BCUT2D eigenvalue weighted by molar-refractivity contribution is 0.280. The van der Waals surface area contributed by atoms with Crippen LogP contribution in [0.15, 0.2) is 47.4 Å². The number of benzene rings is 1. The predicted molar refractivity (Wildman–Crippen MR) is 105 cm³/mol. The molecule has 10 heteroatoms. The van der Waals surface area contributed by atoms with Crippen LogP contribution >= 0.6 is 0 Å². The fraction of sp³-hybridized carbons (Fsp3) is 0.222. The van der Waals surface area contributed by atoms with Crippen LogP contribution in [0.3, 0.4) is 0 Å². The summed E-state index contributed by atoms with van der Waals surface area (Å²) in [7, 11) is -0.527. The van der Waals surface area contributed by atoms with E-state index in [-0.39, 0.29) is 17.1 Å². The summed E-state index contributed by atoms with van der Waals surface area (Å²) in [4.78, 5) is 17.1. The number of hydrogen-bond acceptors (Lipinski definition) is 7. The van der Waals surface area contributed by atoms with Crippen molar-refractivity contribution in [3.63, 3.8) is 0 Å². The van der Waals surface area contributed by atoms with Crippen LogP contribution in [0.1, 0.15) is 11.1 Å². The maximum Gasteiger partial charge on any atom is 0.265 e. The molecular weight excluding hydrogens is 384 g/mol. The van der Waals surface area contributed by atoms with Crippen molar-refractivity contribution >= 4 is 27.2 Å². The first-order valence-electron chi connectivity index (χ1n) is 8.35. The highest BCUT2D eigenvalue weighted by atomic mass is 32.2. The Morgan fingerprint density at radius 3 is 2.54 bits per heavy atom. The highest BCUT2D eigenvalue weighted by molar-refractivity contribution is 7.88. The number of aliphatic hydroxyl groups is 1. The average molecular weight is 404 g/mol. The number of sulfonamides is 1. The minimum Gasteiger partial charge on any atom is -0.493 e. The Hall–Kier alpha value is -2.95. The van der Waals surface area contributed by atoms with Gasteiger partial charge in [0.2, 0.25) is 10.0 Å². The summed E-state index contributed by atoms with van der Waals surface area (Å²) in [5, 5.41) is 12.7. The Balaban J connectivity index is 1.99. The maximum absolute atomic E-state index is 12.7. The van der Waals surface area contributed by atoms with Gasteiger partial charge in [-0.3, -0.25) is 9.20 Å². The molecule has 0 saturated carbocycles. The number of hydrogen-bond donors (Lipinski definition) is 3. The molecule has 2 aromatic heterocycles. The van der Waals surface area contributed by atoms with Crippen LogP contribution < -0.4 is 20.3 Å². The molecular formula is C18H20N4O5S. The summed E-state index contributed by atoms with van der Waals surface area (Å²) in [5.74, 6) is 0.477. The highest BCUT2D eigenvalue weighted by Crippen LogP contribution is 2.22. The molecule has 0 spiro atoms. The molecule has 2 heterocycles. The first-order chi connectivity index (χ1) is 13.4. The van der Waals surface area contributed by atoms with Gasteiger partial charge in [-0.2, -0.15) is 0 Å². The van der Waals surface area contributed by atoms with Gasteiger partial charge in [0.15, 0.2) is 11.4 Å². The van der Waals surface area contributed by atoms with Crippen LogP contribution in [0.4, 0.5) is 11.5 Å².